The van der Waals surface area contributed by atoms with Crippen molar-refractivity contribution in [2.24, 2.45) is 0 Å². The molecule has 0 radical (unpaired) electrons. The van der Waals surface area contributed by atoms with Gasteiger partial charge < -0.3 is 14.2 Å². The third-order valence-electron chi connectivity index (χ3n) is 2.88. The number of nitrogens with zero attached hydrogens (tertiary/aromatic N) is 1. The van der Waals surface area contributed by atoms with Crippen LogP contribution in [0.25, 0.3) is 0 Å². The average molecular weight is 402 g/mol. The number of thiophene rings is 1. The summed E-state index contributed by atoms with van der Waals surface area (Å²) in [6.07, 6.45) is 0. The van der Waals surface area contributed by atoms with Crippen LogP contribution in [0.1, 0.15) is 15.2 Å². The van der Waals surface area contributed by atoms with E-state index in [2.05, 4.69) is 15.9 Å². The van der Waals surface area contributed by atoms with Gasteiger partial charge in [-0.1, -0.05) is 27.3 Å². The molecular weight excluding hydrogens is 390 g/mol. The number of carbonyl (C=O) groups is 1. The van der Waals surface area contributed by atoms with E-state index in [1.54, 1.807) is 12.1 Å². The Morgan fingerprint density at radius 2 is 1.91 bits per heavy atom. The second-order valence-electron chi connectivity index (χ2n) is 4.27. The first-order valence-corrected chi connectivity index (χ1v) is 7.89. The molecule has 0 bridgehead atoms. The van der Waals surface area contributed by atoms with Crippen molar-refractivity contribution in [3.05, 3.63) is 49.3 Å². The Labute approximate surface area is 144 Å². The predicted molar refractivity (Wildman–Crippen MR) is 87.3 cm³/mol. The van der Waals surface area contributed by atoms with Gasteiger partial charge in [-0.15, -0.1) is 0 Å². The fourth-order valence-electron chi connectivity index (χ4n) is 1.76. The summed E-state index contributed by atoms with van der Waals surface area (Å²) in [6, 6.07) is 6.04. The number of halogens is 1. The molecule has 0 unspecified atom stereocenters. The molecule has 2 rings (SSSR count). The molecule has 0 saturated carbocycles. The normalized spacial score (nSPS) is 10.2. The highest BCUT2D eigenvalue weighted by Crippen LogP contribution is 2.34. The minimum absolute atomic E-state index is 0.00846. The molecule has 23 heavy (non-hydrogen) atoms. The standard InChI is InChI=1S/C14H12BrNO6S/c1-20-10-5-8(9(15)6-11(10)21-2)7-22-14(17)12-3-4-13(23-12)16(18)19/h3-6H,7H2,1-2H3. The van der Waals surface area contributed by atoms with Gasteiger partial charge in [-0.05, 0) is 18.2 Å². The van der Waals surface area contributed by atoms with Crippen LogP contribution >= 0.6 is 27.3 Å². The Morgan fingerprint density at radius 3 is 2.48 bits per heavy atom. The van der Waals surface area contributed by atoms with E-state index in [1.165, 1.54) is 26.4 Å². The number of ether oxygens (including phenoxy) is 3. The van der Waals surface area contributed by atoms with Crippen LogP contribution in [0.5, 0.6) is 11.5 Å². The zero-order valence-electron chi connectivity index (χ0n) is 12.2. The maximum atomic E-state index is 11.9. The number of rotatable bonds is 6. The lowest BCUT2D eigenvalue weighted by molar-refractivity contribution is -0.380. The van der Waals surface area contributed by atoms with E-state index < -0.39 is 10.9 Å². The van der Waals surface area contributed by atoms with Gasteiger partial charge in [-0.2, -0.15) is 0 Å². The molecule has 1 aromatic carbocycles. The summed E-state index contributed by atoms with van der Waals surface area (Å²) in [7, 11) is 3.03. The predicted octanol–water partition coefficient (Wildman–Crippen LogP) is 3.79. The van der Waals surface area contributed by atoms with E-state index in [1.807, 2.05) is 0 Å². The Hall–Kier alpha value is -2.13. The average Bonchev–Trinajstić information content (AvgIpc) is 3.03. The lowest BCUT2D eigenvalue weighted by Crippen LogP contribution is -2.04. The van der Waals surface area contributed by atoms with E-state index in [0.29, 0.717) is 21.5 Å². The molecule has 0 saturated heterocycles. The summed E-state index contributed by atoms with van der Waals surface area (Å²) in [5, 5.41) is 10.5. The van der Waals surface area contributed by atoms with Crippen molar-refractivity contribution in [3.63, 3.8) is 0 Å². The second kappa shape index (κ2) is 7.42. The first-order valence-electron chi connectivity index (χ1n) is 6.28. The summed E-state index contributed by atoms with van der Waals surface area (Å²) in [4.78, 5) is 22.2. The smallest absolute Gasteiger partial charge is 0.348 e. The lowest BCUT2D eigenvalue weighted by atomic mass is 10.2. The number of hydrogen-bond donors (Lipinski definition) is 0. The first-order chi connectivity index (χ1) is 11.0. The topological polar surface area (TPSA) is 87.9 Å². The van der Waals surface area contributed by atoms with Crippen molar-refractivity contribution in [3.8, 4) is 11.5 Å². The van der Waals surface area contributed by atoms with Crippen LogP contribution < -0.4 is 9.47 Å². The summed E-state index contributed by atoms with van der Waals surface area (Å²) < 4.78 is 16.2. The minimum Gasteiger partial charge on any atom is -0.493 e. The van der Waals surface area contributed by atoms with E-state index in [-0.39, 0.29) is 16.5 Å². The minimum atomic E-state index is -0.621. The fraction of sp³-hybridized carbons (Fsp3) is 0.214. The van der Waals surface area contributed by atoms with Gasteiger partial charge in [0.15, 0.2) is 11.5 Å². The van der Waals surface area contributed by atoms with E-state index in [4.69, 9.17) is 14.2 Å². The molecule has 0 N–H and O–H groups in total. The van der Waals surface area contributed by atoms with Crippen molar-refractivity contribution >= 4 is 38.2 Å². The van der Waals surface area contributed by atoms with Crippen molar-refractivity contribution in [1.82, 2.24) is 0 Å². The zero-order chi connectivity index (χ0) is 17.0. The van der Waals surface area contributed by atoms with Crippen LogP contribution in [-0.4, -0.2) is 25.1 Å². The number of esters is 1. The Morgan fingerprint density at radius 1 is 1.26 bits per heavy atom. The van der Waals surface area contributed by atoms with Gasteiger partial charge in [0.1, 0.15) is 11.5 Å². The number of hydrogen-bond acceptors (Lipinski definition) is 7. The molecule has 0 amide bonds. The fourth-order valence-corrected chi connectivity index (χ4v) is 2.91. The number of benzene rings is 1. The monoisotopic (exact) mass is 401 g/mol. The molecule has 9 heteroatoms. The van der Waals surface area contributed by atoms with Crippen molar-refractivity contribution in [2.45, 2.75) is 6.61 Å². The third-order valence-corrected chi connectivity index (χ3v) is 4.64. The molecule has 0 atom stereocenters. The van der Waals surface area contributed by atoms with Crippen molar-refractivity contribution in [2.75, 3.05) is 14.2 Å². The second-order valence-corrected chi connectivity index (χ2v) is 6.19. The SMILES string of the molecule is COc1cc(Br)c(COC(=O)c2ccc([N+](=O)[O-])s2)cc1OC. The molecule has 0 spiro atoms. The molecular formula is C14H12BrNO6S. The third kappa shape index (κ3) is 3.99. The van der Waals surface area contributed by atoms with Crippen LogP contribution in [0.15, 0.2) is 28.7 Å². The van der Waals surface area contributed by atoms with Crippen LogP contribution in [0.4, 0.5) is 5.00 Å². The summed E-state index contributed by atoms with van der Waals surface area (Å²) in [5.41, 5.74) is 0.682. The van der Waals surface area contributed by atoms with Gasteiger partial charge in [-0.25, -0.2) is 4.79 Å². The van der Waals surface area contributed by atoms with Gasteiger partial charge in [0.2, 0.25) is 0 Å². The summed E-state index contributed by atoms with van der Waals surface area (Å²) in [5.74, 6) is 0.432. The molecule has 0 fully saturated rings. The van der Waals surface area contributed by atoms with Gasteiger partial charge in [0.25, 0.3) is 0 Å². The highest BCUT2D eigenvalue weighted by molar-refractivity contribution is 9.10. The highest BCUT2D eigenvalue weighted by Gasteiger charge is 2.17. The number of methoxy groups -OCH3 is 2. The maximum absolute atomic E-state index is 11.9. The summed E-state index contributed by atoms with van der Waals surface area (Å²) in [6.45, 7) is -0.00846. The van der Waals surface area contributed by atoms with Crippen LogP contribution in [0.3, 0.4) is 0 Å². The molecule has 0 aliphatic carbocycles. The van der Waals surface area contributed by atoms with Gasteiger partial charge in [0, 0.05) is 16.1 Å². The Kier molecular flexibility index (Phi) is 5.56. The van der Waals surface area contributed by atoms with E-state index in [0.717, 1.165) is 11.3 Å². The lowest BCUT2D eigenvalue weighted by Gasteiger charge is -2.12. The zero-order valence-corrected chi connectivity index (χ0v) is 14.6. The highest BCUT2D eigenvalue weighted by atomic mass is 79.9. The van der Waals surface area contributed by atoms with Gasteiger partial charge >= 0.3 is 11.0 Å². The largest absolute Gasteiger partial charge is 0.493 e. The Bertz CT molecular complexity index is 745. The van der Waals surface area contributed by atoms with Crippen LogP contribution in [0.2, 0.25) is 0 Å². The number of nitro groups is 1. The maximum Gasteiger partial charge on any atom is 0.348 e. The van der Waals surface area contributed by atoms with E-state index in [9.17, 15) is 14.9 Å². The molecule has 1 heterocycles. The molecule has 0 aliphatic rings. The summed E-state index contributed by atoms with van der Waals surface area (Å²) >= 11 is 4.14. The van der Waals surface area contributed by atoms with E-state index >= 15 is 0 Å². The van der Waals surface area contributed by atoms with Crippen LogP contribution in [-0.2, 0) is 11.3 Å². The molecule has 1 aromatic heterocycles. The van der Waals surface area contributed by atoms with Crippen LogP contribution in [0, 0.1) is 10.1 Å². The molecule has 122 valence electrons. The molecule has 0 aliphatic heterocycles. The van der Waals surface area contributed by atoms with Gasteiger partial charge in [-0.3, -0.25) is 10.1 Å². The van der Waals surface area contributed by atoms with Crippen molar-refractivity contribution < 1.29 is 23.9 Å². The first kappa shape index (κ1) is 17.2. The van der Waals surface area contributed by atoms with Gasteiger partial charge in [0.05, 0.1) is 19.1 Å². The quantitative estimate of drug-likeness (QED) is 0.415. The molecule has 7 nitrogen and oxygen atoms in total. The number of carbonyl (C=O) groups excluding carboxylic acids is 1. The van der Waals surface area contributed by atoms with Crippen molar-refractivity contribution in [1.29, 1.82) is 0 Å². The molecule has 2 aromatic rings. The Balaban J connectivity index is 2.10.